The number of rotatable bonds is 4. The Morgan fingerprint density at radius 2 is 1.96 bits per heavy atom. The molecule has 3 rings (SSSR count). The zero-order valence-corrected chi connectivity index (χ0v) is 15.0. The third-order valence-electron chi connectivity index (χ3n) is 3.69. The monoisotopic (exact) mass is 396 g/mol. The summed E-state index contributed by atoms with van der Waals surface area (Å²) < 4.78 is 40.2. The summed E-state index contributed by atoms with van der Waals surface area (Å²) in [6.45, 7) is 1.96. The van der Waals surface area contributed by atoms with Gasteiger partial charge in [-0.3, -0.25) is 4.40 Å². The number of hydrogen-bond acceptors (Lipinski definition) is 4. The van der Waals surface area contributed by atoms with E-state index in [4.69, 9.17) is 11.6 Å². The number of hydrogen-bond donors (Lipinski definition) is 0. The van der Waals surface area contributed by atoms with Crippen LogP contribution in [-0.4, -0.2) is 19.8 Å². The van der Waals surface area contributed by atoms with Gasteiger partial charge in [0.15, 0.2) is 10.8 Å². The quantitative estimate of drug-likeness (QED) is 0.586. The van der Waals surface area contributed by atoms with Gasteiger partial charge in [0.05, 0.1) is 16.7 Å². The minimum Gasteiger partial charge on any atom is -0.276 e. The number of thioether (sulfide) groups is 1. The van der Waals surface area contributed by atoms with Crippen LogP contribution in [0.15, 0.2) is 41.7 Å². The molecule has 134 valence electrons. The van der Waals surface area contributed by atoms with E-state index in [1.807, 2.05) is 31.2 Å². The molecule has 2 aromatic heterocycles. The lowest BCUT2D eigenvalue weighted by Crippen LogP contribution is -2.08. The summed E-state index contributed by atoms with van der Waals surface area (Å²) in [4.78, 5) is 0. The second-order valence-corrected chi connectivity index (χ2v) is 7.25. The van der Waals surface area contributed by atoms with Crippen LogP contribution in [0, 0.1) is 18.3 Å². The highest BCUT2D eigenvalue weighted by atomic mass is 35.5. The molecule has 4 nitrogen and oxygen atoms in total. The second kappa shape index (κ2) is 7.17. The SMILES string of the molecule is Cc1ccc(CC(C#N)Sc2nnc3c(Cl)cc(C(F)(F)F)cn23)cc1. The number of halogens is 4. The fourth-order valence-corrected chi connectivity index (χ4v) is 3.52. The number of nitrogens with zero attached hydrogens (tertiary/aromatic N) is 4. The number of pyridine rings is 1. The van der Waals surface area contributed by atoms with Gasteiger partial charge in [0.2, 0.25) is 0 Å². The highest BCUT2D eigenvalue weighted by molar-refractivity contribution is 8.00. The zero-order valence-electron chi connectivity index (χ0n) is 13.5. The lowest BCUT2D eigenvalue weighted by atomic mass is 10.1. The first-order valence-electron chi connectivity index (χ1n) is 7.51. The predicted octanol–water partition coefficient (Wildman–Crippen LogP) is 4.94. The maximum Gasteiger partial charge on any atom is 0.417 e. The Morgan fingerprint density at radius 1 is 1.27 bits per heavy atom. The Balaban J connectivity index is 1.90. The zero-order chi connectivity index (χ0) is 18.9. The largest absolute Gasteiger partial charge is 0.417 e. The van der Waals surface area contributed by atoms with Crippen molar-refractivity contribution >= 4 is 29.0 Å². The Morgan fingerprint density at radius 3 is 2.58 bits per heavy atom. The van der Waals surface area contributed by atoms with Crippen molar-refractivity contribution in [3.8, 4) is 6.07 Å². The summed E-state index contributed by atoms with van der Waals surface area (Å²) in [6, 6.07) is 10.7. The molecular formula is C17H12ClF3N4S. The summed E-state index contributed by atoms with van der Waals surface area (Å²) >= 11 is 6.95. The molecule has 1 aromatic carbocycles. The van der Waals surface area contributed by atoms with E-state index >= 15 is 0 Å². The maximum atomic E-state index is 13.0. The van der Waals surface area contributed by atoms with E-state index in [0.29, 0.717) is 6.42 Å². The Labute approximate surface area is 156 Å². The molecule has 0 saturated heterocycles. The maximum absolute atomic E-state index is 13.0. The van der Waals surface area contributed by atoms with Crippen LogP contribution in [-0.2, 0) is 12.6 Å². The van der Waals surface area contributed by atoms with Gasteiger partial charge in [0, 0.05) is 6.20 Å². The van der Waals surface area contributed by atoms with Gasteiger partial charge >= 0.3 is 6.18 Å². The van der Waals surface area contributed by atoms with Crippen LogP contribution in [0.2, 0.25) is 5.02 Å². The van der Waals surface area contributed by atoms with Crippen molar-refractivity contribution in [2.24, 2.45) is 0 Å². The standard InChI is InChI=1S/C17H12ClF3N4S/c1-10-2-4-11(5-3-10)6-13(8-22)26-16-24-23-15-14(18)7-12(9-25(15)16)17(19,20)21/h2-5,7,9,13H,6H2,1H3. The molecule has 0 radical (unpaired) electrons. The van der Waals surface area contributed by atoms with E-state index < -0.39 is 17.0 Å². The third-order valence-corrected chi connectivity index (χ3v) is 5.01. The highest BCUT2D eigenvalue weighted by Gasteiger charge is 2.32. The van der Waals surface area contributed by atoms with Gasteiger partial charge in [-0.1, -0.05) is 53.2 Å². The number of nitriles is 1. The van der Waals surface area contributed by atoms with E-state index in [1.54, 1.807) is 0 Å². The molecule has 0 aliphatic carbocycles. The molecule has 1 unspecified atom stereocenters. The number of benzene rings is 1. The van der Waals surface area contributed by atoms with Crippen molar-refractivity contribution < 1.29 is 13.2 Å². The summed E-state index contributed by atoms with van der Waals surface area (Å²) in [5.74, 6) is 0. The van der Waals surface area contributed by atoms with Crippen molar-refractivity contribution in [3.05, 3.63) is 58.2 Å². The average molecular weight is 397 g/mol. The van der Waals surface area contributed by atoms with E-state index in [-0.39, 0.29) is 15.8 Å². The fourth-order valence-electron chi connectivity index (χ4n) is 2.35. The minimum atomic E-state index is -4.54. The van der Waals surface area contributed by atoms with Gasteiger partial charge in [0.25, 0.3) is 0 Å². The first kappa shape index (κ1) is 18.5. The second-order valence-electron chi connectivity index (χ2n) is 5.68. The van der Waals surface area contributed by atoms with Gasteiger partial charge in [-0.25, -0.2) is 0 Å². The van der Waals surface area contributed by atoms with Crippen LogP contribution in [0.25, 0.3) is 5.65 Å². The number of fused-ring (bicyclic) bond motifs is 1. The van der Waals surface area contributed by atoms with Crippen molar-refractivity contribution in [3.63, 3.8) is 0 Å². The van der Waals surface area contributed by atoms with Gasteiger partial charge in [-0.2, -0.15) is 18.4 Å². The average Bonchev–Trinajstić information content (AvgIpc) is 2.99. The lowest BCUT2D eigenvalue weighted by molar-refractivity contribution is -0.137. The van der Waals surface area contributed by atoms with Crippen LogP contribution >= 0.6 is 23.4 Å². The summed E-state index contributed by atoms with van der Waals surface area (Å²) in [6.07, 6.45) is -3.21. The van der Waals surface area contributed by atoms with Crippen molar-refractivity contribution in [2.45, 2.75) is 29.9 Å². The van der Waals surface area contributed by atoms with E-state index in [0.717, 1.165) is 35.2 Å². The van der Waals surface area contributed by atoms with Crippen molar-refractivity contribution in [2.75, 3.05) is 0 Å². The van der Waals surface area contributed by atoms with Gasteiger partial charge in [-0.05, 0) is 25.0 Å². The Kier molecular flexibility index (Phi) is 5.12. The van der Waals surface area contributed by atoms with Crippen LogP contribution in [0.1, 0.15) is 16.7 Å². The molecule has 0 amide bonds. The molecule has 2 heterocycles. The Bertz CT molecular complexity index is 977. The van der Waals surface area contributed by atoms with Gasteiger partial charge in [0.1, 0.15) is 5.25 Å². The predicted molar refractivity (Wildman–Crippen MR) is 93.1 cm³/mol. The molecule has 0 aliphatic heterocycles. The van der Waals surface area contributed by atoms with Crippen LogP contribution in [0.4, 0.5) is 13.2 Å². The minimum absolute atomic E-state index is 0.120. The first-order valence-corrected chi connectivity index (χ1v) is 8.77. The van der Waals surface area contributed by atoms with Gasteiger partial charge < -0.3 is 0 Å². The van der Waals surface area contributed by atoms with E-state index in [2.05, 4.69) is 16.3 Å². The van der Waals surface area contributed by atoms with E-state index in [1.165, 1.54) is 4.40 Å². The normalized spacial score (nSPS) is 12.9. The van der Waals surface area contributed by atoms with Crippen LogP contribution < -0.4 is 0 Å². The number of alkyl halides is 3. The molecule has 0 aliphatic rings. The van der Waals surface area contributed by atoms with Crippen molar-refractivity contribution in [1.29, 1.82) is 5.26 Å². The lowest BCUT2D eigenvalue weighted by Gasteiger charge is -2.10. The van der Waals surface area contributed by atoms with E-state index in [9.17, 15) is 18.4 Å². The summed E-state index contributed by atoms with van der Waals surface area (Å²) in [5, 5.41) is 16.7. The molecule has 3 aromatic rings. The topological polar surface area (TPSA) is 54.0 Å². The number of aromatic nitrogens is 3. The molecule has 1 atom stereocenters. The highest BCUT2D eigenvalue weighted by Crippen LogP contribution is 2.34. The third kappa shape index (κ3) is 3.94. The molecule has 0 saturated carbocycles. The fraction of sp³-hybridized carbons (Fsp3) is 0.235. The Hall–Kier alpha value is -2.24. The smallest absolute Gasteiger partial charge is 0.276 e. The number of aryl methyl sites for hydroxylation is 1. The molecule has 9 heteroatoms. The van der Waals surface area contributed by atoms with Crippen molar-refractivity contribution in [1.82, 2.24) is 14.6 Å². The van der Waals surface area contributed by atoms with Crippen LogP contribution in [0.3, 0.4) is 0 Å². The summed E-state index contributed by atoms with van der Waals surface area (Å²) in [7, 11) is 0. The molecule has 0 fully saturated rings. The van der Waals surface area contributed by atoms with Crippen LogP contribution in [0.5, 0.6) is 0 Å². The molecule has 26 heavy (non-hydrogen) atoms. The van der Waals surface area contributed by atoms with Gasteiger partial charge in [-0.15, -0.1) is 10.2 Å². The molecule has 0 N–H and O–H groups in total. The molecule has 0 spiro atoms. The molecule has 0 bridgehead atoms. The summed E-state index contributed by atoms with van der Waals surface area (Å²) in [5.41, 5.74) is 1.28. The first-order chi connectivity index (χ1) is 12.3. The molecular weight excluding hydrogens is 385 g/mol.